The van der Waals surface area contributed by atoms with E-state index in [1.165, 1.54) is 30.9 Å². The van der Waals surface area contributed by atoms with Crippen molar-refractivity contribution < 1.29 is 8.83 Å². The van der Waals surface area contributed by atoms with E-state index in [4.69, 9.17) is 13.8 Å². The number of anilines is 3. The molecule has 0 spiro atoms. The normalized spacial score (nSPS) is 11.9. The lowest BCUT2D eigenvalue weighted by Gasteiger charge is -2.26. The second kappa shape index (κ2) is 9.80. The molecular formula is C41H24N2O2S. The molecule has 3 aromatic heterocycles. The molecule has 7 aromatic carbocycles. The van der Waals surface area contributed by atoms with Crippen molar-refractivity contribution >= 4 is 92.4 Å². The van der Waals surface area contributed by atoms with Crippen LogP contribution in [-0.4, -0.2) is 4.98 Å². The zero-order valence-corrected chi connectivity index (χ0v) is 25.3. The maximum Gasteiger partial charge on any atom is 0.228 e. The minimum Gasteiger partial charge on any atom is -0.456 e. The van der Waals surface area contributed by atoms with Crippen molar-refractivity contribution in [1.82, 2.24) is 4.98 Å². The Hall–Kier alpha value is -5.91. The quantitative estimate of drug-likeness (QED) is 0.199. The molecule has 0 unspecified atom stereocenters. The van der Waals surface area contributed by atoms with Crippen LogP contribution in [-0.2, 0) is 0 Å². The standard InChI is InChI=1S/C41H24N2O2S/c1-2-11-26(12-3-1)43(33-17-8-14-30-39-28-13-5-4-10-25(28)20-23-37(39)46-40(30)33)27-21-22-29-36(24-27)44-35-19-9-15-31(38(29)35)41-42-32-16-6-7-18-34(32)45-41/h1-24H. The third kappa shape index (κ3) is 3.76. The Bertz CT molecular complexity index is 2740. The molecule has 4 nitrogen and oxygen atoms in total. The van der Waals surface area contributed by atoms with E-state index in [-0.39, 0.29) is 0 Å². The first-order valence-corrected chi connectivity index (χ1v) is 16.1. The van der Waals surface area contributed by atoms with Crippen LogP contribution >= 0.6 is 11.3 Å². The smallest absolute Gasteiger partial charge is 0.228 e. The Balaban J connectivity index is 1.19. The molecule has 0 aliphatic rings. The SMILES string of the molecule is c1ccc(N(c2ccc3c(c2)oc2cccc(-c4nc5ccccc5o4)c23)c2cccc3c2sc2ccc4ccccc4c23)cc1. The van der Waals surface area contributed by atoms with Gasteiger partial charge in [0.05, 0.1) is 10.4 Å². The van der Waals surface area contributed by atoms with Crippen molar-refractivity contribution in [2.45, 2.75) is 0 Å². The summed E-state index contributed by atoms with van der Waals surface area (Å²) in [6.45, 7) is 0. The van der Waals surface area contributed by atoms with Gasteiger partial charge in [-0.15, -0.1) is 11.3 Å². The molecule has 0 saturated heterocycles. The van der Waals surface area contributed by atoms with E-state index >= 15 is 0 Å². The molecule has 0 fully saturated rings. The van der Waals surface area contributed by atoms with Crippen LogP contribution in [0.1, 0.15) is 0 Å². The fourth-order valence-corrected chi connectivity index (χ4v) is 8.07. The average Bonchev–Trinajstić information content (AvgIpc) is 3.82. The molecule has 0 amide bonds. The van der Waals surface area contributed by atoms with Gasteiger partial charge < -0.3 is 13.7 Å². The van der Waals surface area contributed by atoms with Gasteiger partial charge in [0.1, 0.15) is 16.7 Å². The zero-order chi connectivity index (χ0) is 30.2. The van der Waals surface area contributed by atoms with Crippen molar-refractivity contribution in [3.05, 3.63) is 146 Å². The number of rotatable bonds is 4. The second-order valence-corrected chi connectivity index (χ2v) is 12.6. The Kier molecular flexibility index (Phi) is 5.41. The lowest BCUT2D eigenvalue weighted by molar-refractivity contribution is 0.620. The summed E-state index contributed by atoms with van der Waals surface area (Å²) >= 11 is 1.85. The summed E-state index contributed by atoms with van der Waals surface area (Å²) in [4.78, 5) is 7.14. The molecule has 5 heteroatoms. The molecule has 0 saturated carbocycles. The predicted molar refractivity (Wildman–Crippen MR) is 192 cm³/mol. The molecule has 0 N–H and O–H groups in total. The highest BCUT2D eigenvalue weighted by Gasteiger charge is 2.21. The first-order valence-electron chi connectivity index (χ1n) is 15.3. The van der Waals surface area contributed by atoms with Crippen molar-refractivity contribution in [3.63, 3.8) is 0 Å². The second-order valence-electron chi connectivity index (χ2n) is 11.5. The highest BCUT2D eigenvalue weighted by atomic mass is 32.1. The monoisotopic (exact) mass is 608 g/mol. The summed E-state index contributed by atoms with van der Waals surface area (Å²) in [5.41, 5.74) is 7.39. The highest BCUT2D eigenvalue weighted by Crippen LogP contribution is 2.47. The number of fused-ring (bicyclic) bond motifs is 9. The summed E-state index contributed by atoms with van der Waals surface area (Å²) in [6, 6.07) is 50.8. The van der Waals surface area contributed by atoms with Gasteiger partial charge in [-0.3, -0.25) is 0 Å². The Morgan fingerprint density at radius 3 is 2.26 bits per heavy atom. The molecule has 0 aliphatic heterocycles. The fourth-order valence-electron chi connectivity index (χ4n) is 6.85. The van der Waals surface area contributed by atoms with E-state index in [1.807, 2.05) is 47.7 Å². The summed E-state index contributed by atoms with van der Waals surface area (Å²) in [7, 11) is 0. The van der Waals surface area contributed by atoms with Gasteiger partial charge in [0, 0.05) is 49.2 Å². The summed E-state index contributed by atoms with van der Waals surface area (Å²) in [5, 5.41) is 7.15. The van der Waals surface area contributed by atoms with Gasteiger partial charge in [-0.1, -0.05) is 78.9 Å². The van der Waals surface area contributed by atoms with Crippen molar-refractivity contribution in [2.24, 2.45) is 0 Å². The number of para-hydroxylation sites is 3. The number of oxazole rings is 1. The number of aromatic nitrogens is 1. The van der Waals surface area contributed by atoms with Crippen molar-refractivity contribution in [1.29, 1.82) is 0 Å². The molecule has 0 bridgehead atoms. The van der Waals surface area contributed by atoms with E-state index in [1.54, 1.807) is 0 Å². The molecular weight excluding hydrogens is 585 g/mol. The van der Waals surface area contributed by atoms with Gasteiger partial charge in [-0.05, 0) is 71.4 Å². The number of thiophene rings is 1. The number of nitrogens with zero attached hydrogens (tertiary/aromatic N) is 2. The van der Waals surface area contributed by atoms with Gasteiger partial charge >= 0.3 is 0 Å². The first kappa shape index (κ1) is 25.4. The van der Waals surface area contributed by atoms with Gasteiger partial charge in [0.2, 0.25) is 5.89 Å². The highest BCUT2D eigenvalue weighted by molar-refractivity contribution is 7.26. The molecule has 10 rings (SSSR count). The molecule has 10 aromatic rings. The third-order valence-electron chi connectivity index (χ3n) is 8.88. The molecule has 0 atom stereocenters. The number of benzene rings is 7. The van der Waals surface area contributed by atoms with Crippen LogP contribution in [0.15, 0.2) is 154 Å². The number of hydrogen-bond acceptors (Lipinski definition) is 5. The lowest BCUT2D eigenvalue weighted by Crippen LogP contribution is -2.09. The number of hydrogen-bond donors (Lipinski definition) is 0. The average molecular weight is 609 g/mol. The van der Waals surface area contributed by atoms with Crippen molar-refractivity contribution in [2.75, 3.05) is 4.90 Å². The predicted octanol–water partition coefficient (Wildman–Crippen LogP) is 12.4. The van der Waals surface area contributed by atoms with Gasteiger partial charge in [-0.25, -0.2) is 4.98 Å². The third-order valence-corrected chi connectivity index (χ3v) is 10.1. The summed E-state index contributed by atoms with van der Waals surface area (Å²) in [6.07, 6.45) is 0. The molecule has 0 radical (unpaired) electrons. The largest absolute Gasteiger partial charge is 0.456 e. The minimum atomic E-state index is 0.591. The Morgan fingerprint density at radius 2 is 1.33 bits per heavy atom. The van der Waals surface area contributed by atoms with Gasteiger partial charge in [0.15, 0.2) is 5.58 Å². The van der Waals surface area contributed by atoms with Gasteiger partial charge in [0.25, 0.3) is 0 Å². The van der Waals surface area contributed by atoms with Crippen LogP contribution in [0, 0.1) is 0 Å². The molecule has 46 heavy (non-hydrogen) atoms. The van der Waals surface area contributed by atoms with E-state index < -0.39 is 0 Å². The van der Waals surface area contributed by atoms with Gasteiger partial charge in [-0.2, -0.15) is 0 Å². The maximum absolute atomic E-state index is 6.54. The molecule has 0 aliphatic carbocycles. The zero-order valence-electron chi connectivity index (χ0n) is 24.5. The van der Waals surface area contributed by atoms with E-state index in [2.05, 4.69) is 114 Å². The molecule has 216 valence electrons. The minimum absolute atomic E-state index is 0.591. The van der Waals surface area contributed by atoms with E-state index in [9.17, 15) is 0 Å². The Labute approximate surface area is 267 Å². The Morgan fingerprint density at radius 1 is 0.522 bits per heavy atom. The molecule has 3 heterocycles. The number of furan rings is 1. The van der Waals surface area contributed by atoms with Crippen LogP contribution in [0.25, 0.3) is 75.4 Å². The topological polar surface area (TPSA) is 42.4 Å². The summed E-state index contributed by atoms with van der Waals surface area (Å²) in [5.74, 6) is 0.591. The van der Waals surface area contributed by atoms with Crippen LogP contribution < -0.4 is 4.90 Å². The van der Waals surface area contributed by atoms with Crippen LogP contribution in [0.2, 0.25) is 0 Å². The van der Waals surface area contributed by atoms with E-state index in [0.29, 0.717) is 5.89 Å². The van der Waals surface area contributed by atoms with Crippen LogP contribution in [0.4, 0.5) is 17.1 Å². The van der Waals surface area contributed by atoms with E-state index in [0.717, 1.165) is 55.7 Å². The lowest BCUT2D eigenvalue weighted by atomic mass is 10.0. The van der Waals surface area contributed by atoms with Crippen LogP contribution in [0.3, 0.4) is 0 Å². The van der Waals surface area contributed by atoms with Crippen molar-refractivity contribution in [3.8, 4) is 11.5 Å². The summed E-state index contributed by atoms with van der Waals surface area (Å²) < 4.78 is 15.3. The van der Waals surface area contributed by atoms with Crippen LogP contribution in [0.5, 0.6) is 0 Å². The maximum atomic E-state index is 6.54. The first-order chi connectivity index (χ1) is 22.8. The fraction of sp³-hybridized carbons (Fsp3) is 0.